The van der Waals surface area contributed by atoms with E-state index in [2.05, 4.69) is 26.1 Å². The van der Waals surface area contributed by atoms with Gasteiger partial charge in [-0.2, -0.15) is 9.49 Å². The second-order valence-corrected chi connectivity index (χ2v) is 6.28. The number of halogens is 1. The quantitative estimate of drug-likeness (QED) is 0.534. The number of pyridine rings is 3. The molecular weight excluding hydrogens is 317 g/mol. The van der Waals surface area contributed by atoms with Crippen LogP contribution in [0.5, 0.6) is 0 Å². The molecule has 5 nitrogen and oxygen atoms in total. The van der Waals surface area contributed by atoms with Crippen molar-refractivity contribution in [3.05, 3.63) is 66.6 Å². The topological polar surface area (TPSA) is 56.5 Å². The maximum atomic E-state index is 13.5. The minimum atomic E-state index is -0.531. The van der Waals surface area contributed by atoms with Crippen molar-refractivity contribution in [3.8, 4) is 17.1 Å². The van der Waals surface area contributed by atoms with Crippen LogP contribution in [0.15, 0.2) is 55.1 Å². The standard InChI is InChI=1S/C19H14FN5/c20-18-2-1-3-19(24-18)25-17-7-16(22-10-15(17)11-23-25)14-6-13(8-21-9-14)12-4-5-12/h1-3,6-12H,4-5H2. The zero-order chi connectivity index (χ0) is 16.8. The first-order chi connectivity index (χ1) is 12.3. The van der Waals surface area contributed by atoms with Crippen molar-refractivity contribution >= 4 is 10.9 Å². The van der Waals surface area contributed by atoms with Crippen LogP contribution in [-0.4, -0.2) is 24.7 Å². The van der Waals surface area contributed by atoms with E-state index in [-0.39, 0.29) is 0 Å². The average Bonchev–Trinajstić information content (AvgIpc) is 3.41. The van der Waals surface area contributed by atoms with E-state index in [1.807, 2.05) is 18.5 Å². The maximum Gasteiger partial charge on any atom is 0.214 e. The lowest BCUT2D eigenvalue weighted by molar-refractivity contribution is 0.578. The molecule has 0 atom stereocenters. The van der Waals surface area contributed by atoms with Crippen LogP contribution in [0.2, 0.25) is 0 Å². The van der Waals surface area contributed by atoms with Gasteiger partial charge < -0.3 is 0 Å². The summed E-state index contributed by atoms with van der Waals surface area (Å²) in [5.74, 6) is 0.548. The second-order valence-electron chi connectivity index (χ2n) is 6.28. The van der Waals surface area contributed by atoms with E-state index < -0.39 is 5.95 Å². The lowest BCUT2D eigenvalue weighted by atomic mass is 10.1. The Morgan fingerprint density at radius 3 is 2.80 bits per heavy atom. The Labute approximate surface area is 143 Å². The maximum absolute atomic E-state index is 13.5. The van der Waals surface area contributed by atoms with E-state index in [4.69, 9.17) is 0 Å². The van der Waals surface area contributed by atoms with E-state index in [0.717, 1.165) is 22.2 Å². The van der Waals surface area contributed by atoms with Crippen molar-refractivity contribution in [1.82, 2.24) is 24.7 Å². The molecule has 4 heterocycles. The van der Waals surface area contributed by atoms with Gasteiger partial charge in [0.2, 0.25) is 5.95 Å². The summed E-state index contributed by atoms with van der Waals surface area (Å²) in [6, 6.07) is 8.76. The normalized spacial score (nSPS) is 14.1. The number of hydrogen-bond donors (Lipinski definition) is 0. The van der Waals surface area contributed by atoms with Gasteiger partial charge in [-0.05, 0) is 48.6 Å². The van der Waals surface area contributed by atoms with Crippen molar-refractivity contribution in [2.75, 3.05) is 0 Å². The molecule has 0 spiro atoms. The third-order valence-electron chi connectivity index (χ3n) is 4.47. The highest BCUT2D eigenvalue weighted by atomic mass is 19.1. The first kappa shape index (κ1) is 14.2. The van der Waals surface area contributed by atoms with E-state index in [1.165, 1.54) is 24.5 Å². The highest BCUT2D eigenvalue weighted by molar-refractivity contribution is 5.83. The molecule has 0 saturated heterocycles. The molecule has 0 unspecified atom stereocenters. The van der Waals surface area contributed by atoms with Crippen LogP contribution in [0.25, 0.3) is 28.0 Å². The second kappa shape index (κ2) is 5.44. The van der Waals surface area contributed by atoms with Crippen LogP contribution in [-0.2, 0) is 0 Å². The average molecular weight is 331 g/mol. The summed E-state index contributed by atoms with van der Waals surface area (Å²) >= 11 is 0. The predicted molar refractivity (Wildman–Crippen MR) is 91.8 cm³/mol. The van der Waals surface area contributed by atoms with Crippen molar-refractivity contribution in [1.29, 1.82) is 0 Å². The van der Waals surface area contributed by atoms with Crippen molar-refractivity contribution in [3.63, 3.8) is 0 Å². The molecule has 0 bridgehead atoms. The van der Waals surface area contributed by atoms with Gasteiger partial charge in [0.05, 0.1) is 17.4 Å². The summed E-state index contributed by atoms with van der Waals surface area (Å²) in [6.07, 6.45) is 9.70. The Hall–Kier alpha value is -3.15. The highest BCUT2D eigenvalue weighted by Gasteiger charge is 2.24. The van der Waals surface area contributed by atoms with Gasteiger partial charge in [-0.1, -0.05) is 6.07 Å². The van der Waals surface area contributed by atoms with Gasteiger partial charge in [0.15, 0.2) is 5.82 Å². The molecular formula is C19H14FN5. The molecule has 0 amide bonds. The van der Waals surface area contributed by atoms with E-state index in [1.54, 1.807) is 29.2 Å². The Morgan fingerprint density at radius 2 is 1.96 bits per heavy atom. The Bertz CT molecular complexity index is 1080. The van der Waals surface area contributed by atoms with Crippen LogP contribution in [0.4, 0.5) is 4.39 Å². The highest BCUT2D eigenvalue weighted by Crippen LogP contribution is 2.40. The number of rotatable bonds is 3. The molecule has 4 aromatic heterocycles. The minimum Gasteiger partial charge on any atom is -0.264 e. The molecule has 122 valence electrons. The fourth-order valence-electron chi connectivity index (χ4n) is 3.01. The number of aromatic nitrogens is 5. The third kappa shape index (κ3) is 2.55. The molecule has 0 N–H and O–H groups in total. The Morgan fingerprint density at radius 1 is 1.04 bits per heavy atom. The molecule has 1 fully saturated rings. The largest absolute Gasteiger partial charge is 0.264 e. The summed E-state index contributed by atoms with van der Waals surface area (Å²) in [6.45, 7) is 0. The predicted octanol–water partition coefficient (Wildman–Crippen LogP) is 3.89. The van der Waals surface area contributed by atoms with Crippen LogP contribution in [0.3, 0.4) is 0 Å². The number of nitrogens with zero attached hydrogens (tertiary/aromatic N) is 5. The third-order valence-corrected chi connectivity index (χ3v) is 4.47. The van der Waals surface area contributed by atoms with Gasteiger partial charge in [-0.25, -0.2) is 9.67 Å². The zero-order valence-corrected chi connectivity index (χ0v) is 13.3. The smallest absolute Gasteiger partial charge is 0.214 e. The molecule has 5 rings (SSSR count). The Kier molecular flexibility index (Phi) is 3.09. The first-order valence-electron chi connectivity index (χ1n) is 8.20. The monoisotopic (exact) mass is 331 g/mol. The SMILES string of the molecule is Fc1cccc(-n2ncc3cnc(-c4cncc(C5CC5)c4)cc32)n1. The molecule has 0 aromatic carbocycles. The zero-order valence-electron chi connectivity index (χ0n) is 13.3. The van der Waals surface area contributed by atoms with Crippen LogP contribution >= 0.6 is 0 Å². The van der Waals surface area contributed by atoms with Gasteiger partial charge in [-0.15, -0.1) is 0 Å². The molecule has 4 aromatic rings. The molecule has 0 radical (unpaired) electrons. The number of hydrogen-bond acceptors (Lipinski definition) is 4. The first-order valence-corrected chi connectivity index (χ1v) is 8.20. The van der Waals surface area contributed by atoms with Gasteiger partial charge in [0.1, 0.15) is 0 Å². The summed E-state index contributed by atoms with van der Waals surface area (Å²) in [5, 5.41) is 5.21. The van der Waals surface area contributed by atoms with Gasteiger partial charge in [0, 0.05) is 29.5 Å². The summed E-state index contributed by atoms with van der Waals surface area (Å²) in [4.78, 5) is 12.8. The lowest BCUT2D eigenvalue weighted by Gasteiger charge is -2.06. The van der Waals surface area contributed by atoms with Crippen molar-refractivity contribution in [2.45, 2.75) is 18.8 Å². The van der Waals surface area contributed by atoms with Crippen LogP contribution in [0.1, 0.15) is 24.3 Å². The molecule has 1 aliphatic rings. The fourth-order valence-corrected chi connectivity index (χ4v) is 3.01. The molecule has 25 heavy (non-hydrogen) atoms. The van der Waals surface area contributed by atoms with Gasteiger partial charge >= 0.3 is 0 Å². The van der Waals surface area contributed by atoms with Crippen LogP contribution in [0, 0.1) is 5.95 Å². The number of fused-ring (bicyclic) bond motifs is 1. The molecule has 1 saturated carbocycles. The van der Waals surface area contributed by atoms with Crippen molar-refractivity contribution < 1.29 is 4.39 Å². The van der Waals surface area contributed by atoms with Crippen LogP contribution < -0.4 is 0 Å². The lowest BCUT2D eigenvalue weighted by Crippen LogP contribution is -2.00. The van der Waals surface area contributed by atoms with Gasteiger partial charge in [0.25, 0.3) is 0 Å². The van der Waals surface area contributed by atoms with E-state index in [0.29, 0.717) is 11.7 Å². The molecule has 0 aliphatic heterocycles. The van der Waals surface area contributed by atoms with E-state index >= 15 is 0 Å². The molecule has 1 aliphatic carbocycles. The summed E-state index contributed by atoms with van der Waals surface area (Å²) in [5.41, 5.74) is 3.89. The minimum absolute atomic E-state index is 0.442. The summed E-state index contributed by atoms with van der Waals surface area (Å²) < 4.78 is 15.1. The Balaban J connectivity index is 1.63. The van der Waals surface area contributed by atoms with Crippen molar-refractivity contribution in [2.24, 2.45) is 0 Å². The molecule has 6 heteroatoms. The fraction of sp³-hybridized carbons (Fsp3) is 0.158. The van der Waals surface area contributed by atoms with Gasteiger partial charge in [-0.3, -0.25) is 9.97 Å². The summed E-state index contributed by atoms with van der Waals surface area (Å²) in [7, 11) is 0. The van der Waals surface area contributed by atoms with E-state index in [9.17, 15) is 4.39 Å².